The molecule has 0 radical (unpaired) electrons. The van der Waals surface area contributed by atoms with Gasteiger partial charge in [-0.1, -0.05) is 18.2 Å². The molecule has 7 heteroatoms. The van der Waals surface area contributed by atoms with Crippen LogP contribution in [-0.2, 0) is 10.0 Å². The highest BCUT2D eigenvalue weighted by Crippen LogP contribution is 2.23. The summed E-state index contributed by atoms with van der Waals surface area (Å²) in [6, 6.07) is 9.14. The summed E-state index contributed by atoms with van der Waals surface area (Å²) in [5, 5.41) is 9.01. The van der Waals surface area contributed by atoms with E-state index in [0.29, 0.717) is 0 Å². The van der Waals surface area contributed by atoms with Crippen molar-refractivity contribution < 1.29 is 22.7 Å². The molecule has 2 aromatic carbocycles. The SMILES string of the molecule is Cc1c(NS(=O)(=O)c2ccccc2F)cccc1C(=O)O. The molecule has 0 atom stereocenters. The van der Waals surface area contributed by atoms with Gasteiger partial charge in [0.2, 0.25) is 0 Å². The lowest BCUT2D eigenvalue weighted by molar-refractivity contribution is 0.0696. The van der Waals surface area contributed by atoms with Gasteiger partial charge in [0, 0.05) is 0 Å². The molecule has 21 heavy (non-hydrogen) atoms. The molecule has 0 aliphatic heterocycles. The summed E-state index contributed by atoms with van der Waals surface area (Å²) >= 11 is 0. The maximum absolute atomic E-state index is 13.6. The molecule has 2 aromatic rings. The molecular formula is C14H12FNO4S. The Morgan fingerprint density at radius 1 is 1.14 bits per heavy atom. The van der Waals surface area contributed by atoms with Crippen LogP contribution in [0.4, 0.5) is 10.1 Å². The smallest absolute Gasteiger partial charge is 0.336 e. The molecule has 0 bridgehead atoms. The van der Waals surface area contributed by atoms with Crippen LogP contribution in [0.25, 0.3) is 0 Å². The molecule has 0 aliphatic carbocycles. The summed E-state index contributed by atoms with van der Waals surface area (Å²) in [6.07, 6.45) is 0. The molecule has 5 nitrogen and oxygen atoms in total. The molecule has 110 valence electrons. The van der Waals surface area contributed by atoms with Gasteiger partial charge in [-0.3, -0.25) is 4.72 Å². The van der Waals surface area contributed by atoms with Crippen LogP contribution in [-0.4, -0.2) is 19.5 Å². The first kappa shape index (κ1) is 15.0. The standard InChI is InChI=1S/C14H12FNO4S/c1-9-10(14(17)18)5-4-7-12(9)16-21(19,20)13-8-3-2-6-11(13)15/h2-8,16H,1H3,(H,17,18). The third kappa shape index (κ3) is 3.03. The zero-order valence-electron chi connectivity index (χ0n) is 11.0. The Balaban J connectivity index is 2.45. The number of benzene rings is 2. The van der Waals surface area contributed by atoms with Crippen LogP contribution in [0.5, 0.6) is 0 Å². The first-order chi connectivity index (χ1) is 9.83. The fourth-order valence-electron chi connectivity index (χ4n) is 1.84. The van der Waals surface area contributed by atoms with E-state index < -0.39 is 26.7 Å². The number of hydrogen-bond donors (Lipinski definition) is 2. The van der Waals surface area contributed by atoms with Gasteiger partial charge in [0.05, 0.1) is 11.3 Å². The van der Waals surface area contributed by atoms with E-state index in [1.54, 1.807) is 0 Å². The summed E-state index contributed by atoms with van der Waals surface area (Å²) in [7, 11) is -4.13. The van der Waals surface area contributed by atoms with Gasteiger partial charge in [0.1, 0.15) is 10.7 Å². The highest BCUT2D eigenvalue weighted by atomic mass is 32.2. The number of nitrogens with one attached hydrogen (secondary N) is 1. The molecule has 0 heterocycles. The lowest BCUT2D eigenvalue weighted by atomic mass is 10.1. The van der Waals surface area contributed by atoms with E-state index in [2.05, 4.69) is 4.72 Å². The molecular weight excluding hydrogens is 297 g/mol. The summed E-state index contributed by atoms with van der Waals surface area (Å²) in [4.78, 5) is 10.5. The van der Waals surface area contributed by atoms with Gasteiger partial charge >= 0.3 is 5.97 Å². The molecule has 0 fully saturated rings. The van der Waals surface area contributed by atoms with E-state index in [-0.39, 0.29) is 16.8 Å². The monoisotopic (exact) mass is 309 g/mol. The van der Waals surface area contributed by atoms with Crippen molar-refractivity contribution in [2.45, 2.75) is 11.8 Å². The minimum absolute atomic E-state index is 0.0243. The van der Waals surface area contributed by atoms with Gasteiger partial charge in [0.15, 0.2) is 0 Å². The number of carboxylic acid groups (broad SMARTS) is 1. The Morgan fingerprint density at radius 3 is 2.43 bits per heavy atom. The Hall–Kier alpha value is -2.41. The molecule has 0 spiro atoms. The van der Waals surface area contributed by atoms with Gasteiger partial charge in [0.25, 0.3) is 10.0 Å². The second-order valence-corrected chi connectivity index (χ2v) is 5.97. The van der Waals surface area contributed by atoms with Crippen LogP contribution in [0.1, 0.15) is 15.9 Å². The van der Waals surface area contributed by atoms with Crippen molar-refractivity contribution in [1.82, 2.24) is 0 Å². The lowest BCUT2D eigenvalue weighted by Crippen LogP contribution is -2.16. The van der Waals surface area contributed by atoms with Crippen molar-refractivity contribution in [3.05, 3.63) is 59.4 Å². The zero-order valence-corrected chi connectivity index (χ0v) is 11.8. The predicted octanol–water partition coefficient (Wildman–Crippen LogP) is 2.63. The quantitative estimate of drug-likeness (QED) is 0.909. The first-order valence-electron chi connectivity index (χ1n) is 5.93. The summed E-state index contributed by atoms with van der Waals surface area (Å²) in [5.74, 6) is -2.04. The Morgan fingerprint density at radius 2 is 1.81 bits per heavy atom. The predicted molar refractivity (Wildman–Crippen MR) is 75.3 cm³/mol. The minimum Gasteiger partial charge on any atom is -0.478 e. The summed E-state index contributed by atoms with van der Waals surface area (Å²) in [6.45, 7) is 1.47. The molecule has 0 aromatic heterocycles. The lowest BCUT2D eigenvalue weighted by Gasteiger charge is -2.12. The van der Waals surface area contributed by atoms with E-state index in [1.807, 2.05) is 0 Å². The van der Waals surface area contributed by atoms with Gasteiger partial charge in [-0.05, 0) is 36.8 Å². The van der Waals surface area contributed by atoms with E-state index in [4.69, 9.17) is 5.11 Å². The molecule has 2 rings (SSSR count). The summed E-state index contributed by atoms with van der Waals surface area (Å²) < 4.78 is 40.1. The fraction of sp³-hybridized carbons (Fsp3) is 0.0714. The average Bonchev–Trinajstić information content (AvgIpc) is 2.41. The number of carbonyl (C=O) groups is 1. The highest BCUT2D eigenvalue weighted by Gasteiger charge is 2.20. The normalized spacial score (nSPS) is 11.1. The molecule has 0 amide bonds. The largest absolute Gasteiger partial charge is 0.478 e. The van der Waals surface area contributed by atoms with Gasteiger partial charge < -0.3 is 5.11 Å². The van der Waals surface area contributed by atoms with Crippen LogP contribution < -0.4 is 4.72 Å². The number of aromatic carboxylic acids is 1. The molecule has 0 saturated carbocycles. The average molecular weight is 309 g/mol. The topological polar surface area (TPSA) is 83.5 Å². The van der Waals surface area contributed by atoms with Crippen molar-refractivity contribution in [3.8, 4) is 0 Å². The number of rotatable bonds is 4. The van der Waals surface area contributed by atoms with Gasteiger partial charge in [-0.15, -0.1) is 0 Å². The van der Waals surface area contributed by atoms with Crippen LogP contribution in [0.3, 0.4) is 0 Å². The van der Waals surface area contributed by atoms with E-state index in [0.717, 1.165) is 12.1 Å². The van der Waals surface area contributed by atoms with E-state index >= 15 is 0 Å². The highest BCUT2D eigenvalue weighted by molar-refractivity contribution is 7.92. The zero-order chi connectivity index (χ0) is 15.6. The Kier molecular flexibility index (Phi) is 3.95. The maximum atomic E-state index is 13.6. The van der Waals surface area contributed by atoms with Crippen molar-refractivity contribution in [3.63, 3.8) is 0 Å². The van der Waals surface area contributed by atoms with E-state index in [1.165, 1.54) is 37.3 Å². The van der Waals surface area contributed by atoms with Crippen LogP contribution >= 0.6 is 0 Å². The number of anilines is 1. The van der Waals surface area contributed by atoms with Crippen molar-refractivity contribution in [1.29, 1.82) is 0 Å². The molecule has 0 saturated heterocycles. The number of sulfonamides is 1. The first-order valence-corrected chi connectivity index (χ1v) is 7.41. The fourth-order valence-corrected chi connectivity index (χ4v) is 3.04. The Labute approximate surface area is 121 Å². The van der Waals surface area contributed by atoms with Gasteiger partial charge in [-0.25, -0.2) is 17.6 Å². The number of halogens is 1. The van der Waals surface area contributed by atoms with Crippen molar-refractivity contribution >= 4 is 21.7 Å². The van der Waals surface area contributed by atoms with Crippen molar-refractivity contribution in [2.75, 3.05) is 4.72 Å². The Bertz CT molecular complexity index is 802. The molecule has 0 aliphatic rings. The van der Waals surface area contributed by atoms with Crippen LogP contribution in [0, 0.1) is 12.7 Å². The summed E-state index contributed by atoms with van der Waals surface area (Å²) in [5.41, 5.74) is 0.326. The second kappa shape index (κ2) is 5.53. The maximum Gasteiger partial charge on any atom is 0.336 e. The van der Waals surface area contributed by atoms with Crippen molar-refractivity contribution in [2.24, 2.45) is 0 Å². The minimum atomic E-state index is -4.13. The molecule has 2 N–H and O–H groups in total. The van der Waals surface area contributed by atoms with Gasteiger partial charge in [-0.2, -0.15) is 0 Å². The van der Waals surface area contributed by atoms with Crippen LogP contribution in [0.15, 0.2) is 47.4 Å². The third-order valence-corrected chi connectivity index (χ3v) is 4.33. The van der Waals surface area contributed by atoms with Crippen LogP contribution in [0.2, 0.25) is 0 Å². The van der Waals surface area contributed by atoms with E-state index in [9.17, 15) is 17.6 Å². The molecule has 0 unspecified atom stereocenters. The number of carboxylic acids is 1. The third-order valence-electron chi connectivity index (χ3n) is 2.93. The number of hydrogen-bond acceptors (Lipinski definition) is 3. The second-order valence-electron chi connectivity index (χ2n) is 4.32.